The van der Waals surface area contributed by atoms with E-state index in [0.29, 0.717) is 6.61 Å². The normalized spacial score (nSPS) is 12.1. The van der Waals surface area contributed by atoms with Crippen molar-refractivity contribution in [3.05, 3.63) is 35.9 Å². The second kappa shape index (κ2) is 11.4. The molecule has 0 bridgehead atoms. The highest BCUT2D eigenvalue weighted by atomic mass is 16.5. The van der Waals surface area contributed by atoms with E-state index in [2.05, 4.69) is 13.8 Å². The molecule has 0 aliphatic heterocycles. The van der Waals surface area contributed by atoms with Crippen molar-refractivity contribution >= 4 is 5.97 Å². The lowest BCUT2D eigenvalue weighted by Gasteiger charge is -2.15. The molecular weight excluding hydrogens is 260 g/mol. The van der Waals surface area contributed by atoms with Crippen LogP contribution >= 0.6 is 0 Å². The van der Waals surface area contributed by atoms with Gasteiger partial charge in [-0.3, -0.25) is 4.79 Å². The van der Waals surface area contributed by atoms with Crippen LogP contribution in [0.4, 0.5) is 0 Å². The number of esters is 1. The zero-order valence-corrected chi connectivity index (χ0v) is 13.6. The van der Waals surface area contributed by atoms with E-state index < -0.39 is 0 Å². The van der Waals surface area contributed by atoms with Gasteiger partial charge in [-0.15, -0.1) is 0 Å². The molecular formula is C19H30O2. The first kappa shape index (κ1) is 17.7. The average molecular weight is 290 g/mol. The summed E-state index contributed by atoms with van der Waals surface area (Å²) in [5, 5.41) is 0. The summed E-state index contributed by atoms with van der Waals surface area (Å²) in [5.41, 5.74) is 1.08. The molecule has 0 amide bonds. The van der Waals surface area contributed by atoms with Crippen molar-refractivity contribution in [1.82, 2.24) is 0 Å². The van der Waals surface area contributed by atoms with E-state index in [1.165, 1.54) is 25.7 Å². The van der Waals surface area contributed by atoms with Crippen LogP contribution in [0.5, 0.6) is 0 Å². The van der Waals surface area contributed by atoms with E-state index in [-0.39, 0.29) is 11.9 Å². The lowest BCUT2D eigenvalue weighted by molar-refractivity contribution is -0.145. The number of hydrogen-bond donors (Lipinski definition) is 0. The molecule has 0 radical (unpaired) electrons. The Kier molecular flexibility index (Phi) is 9.60. The molecule has 0 N–H and O–H groups in total. The maximum atomic E-state index is 12.2. The smallest absolute Gasteiger partial charge is 0.313 e. The van der Waals surface area contributed by atoms with Crippen molar-refractivity contribution < 1.29 is 9.53 Å². The molecule has 0 aliphatic carbocycles. The van der Waals surface area contributed by atoms with E-state index >= 15 is 0 Å². The second-order valence-corrected chi connectivity index (χ2v) is 5.69. The first-order valence-electron chi connectivity index (χ1n) is 8.51. The summed E-state index contributed by atoms with van der Waals surface area (Å²) >= 11 is 0. The van der Waals surface area contributed by atoms with Crippen LogP contribution in [0.3, 0.4) is 0 Å². The molecule has 0 aromatic heterocycles. The maximum Gasteiger partial charge on any atom is 0.313 e. The number of ether oxygens (including phenoxy) is 1. The van der Waals surface area contributed by atoms with Crippen LogP contribution in [0.2, 0.25) is 0 Å². The third-order valence-corrected chi connectivity index (χ3v) is 3.81. The molecule has 1 atom stereocenters. The Balaban J connectivity index is 2.30. The number of carbonyl (C=O) groups is 1. The number of rotatable bonds is 11. The zero-order valence-electron chi connectivity index (χ0n) is 13.6. The summed E-state index contributed by atoms with van der Waals surface area (Å²) in [7, 11) is 0. The Hall–Kier alpha value is -1.31. The molecule has 0 saturated carbocycles. The van der Waals surface area contributed by atoms with Gasteiger partial charge in [-0.25, -0.2) is 0 Å². The standard InChI is InChI=1S/C19H30O2/c1-3-5-6-7-8-12-16-21-19(20)18(13-4-2)17-14-10-9-11-15-17/h9-11,14-15,18H,3-8,12-13,16H2,1-2H3. The van der Waals surface area contributed by atoms with Gasteiger partial charge in [0.1, 0.15) is 0 Å². The topological polar surface area (TPSA) is 26.3 Å². The highest BCUT2D eigenvalue weighted by Gasteiger charge is 2.20. The third-order valence-electron chi connectivity index (χ3n) is 3.81. The molecule has 1 aromatic carbocycles. The lowest BCUT2D eigenvalue weighted by atomic mass is 9.95. The summed E-state index contributed by atoms with van der Waals surface area (Å²) in [6.45, 7) is 4.90. The van der Waals surface area contributed by atoms with Gasteiger partial charge in [0.05, 0.1) is 12.5 Å². The summed E-state index contributed by atoms with van der Waals surface area (Å²) in [6.07, 6.45) is 9.14. The van der Waals surface area contributed by atoms with E-state index in [1.807, 2.05) is 30.3 Å². The van der Waals surface area contributed by atoms with Crippen LogP contribution < -0.4 is 0 Å². The first-order valence-corrected chi connectivity index (χ1v) is 8.51. The van der Waals surface area contributed by atoms with Crippen molar-refractivity contribution in [3.8, 4) is 0 Å². The van der Waals surface area contributed by atoms with Crippen molar-refractivity contribution in [2.75, 3.05) is 6.61 Å². The molecule has 2 nitrogen and oxygen atoms in total. The highest BCUT2D eigenvalue weighted by molar-refractivity contribution is 5.78. The van der Waals surface area contributed by atoms with Crippen LogP contribution in [0.15, 0.2) is 30.3 Å². The van der Waals surface area contributed by atoms with Crippen LogP contribution in [0.1, 0.15) is 76.7 Å². The van der Waals surface area contributed by atoms with Crippen LogP contribution in [0.25, 0.3) is 0 Å². The van der Waals surface area contributed by atoms with Crippen molar-refractivity contribution in [1.29, 1.82) is 0 Å². The Morgan fingerprint density at radius 1 is 0.952 bits per heavy atom. The highest BCUT2D eigenvalue weighted by Crippen LogP contribution is 2.22. The molecule has 1 unspecified atom stereocenters. The van der Waals surface area contributed by atoms with Gasteiger partial charge >= 0.3 is 5.97 Å². The largest absolute Gasteiger partial charge is 0.465 e. The fraction of sp³-hybridized carbons (Fsp3) is 0.632. The zero-order chi connectivity index (χ0) is 15.3. The first-order chi connectivity index (χ1) is 10.3. The van der Waals surface area contributed by atoms with Gasteiger partial charge in [0.2, 0.25) is 0 Å². The Bertz CT molecular complexity index is 372. The molecule has 1 aromatic rings. The molecule has 0 fully saturated rings. The number of benzene rings is 1. The molecule has 2 heteroatoms. The van der Waals surface area contributed by atoms with Gasteiger partial charge in [0, 0.05) is 0 Å². The van der Waals surface area contributed by atoms with Crippen LogP contribution in [-0.4, -0.2) is 12.6 Å². The molecule has 118 valence electrons. The Labute approximate surface area is 129 Å². The average Bonchev–Trinajstić information content (AvgIpc) is 2.52. The molecule has 0 saturated heterocycles. The summed E-state index contributed by atoms with van der Waals surface area (Å²) in [6, 6.07) is 9.99. The summed E-state index contributed by atoms with van der Waals surface area (Å²) in [5.74, 6) is -0.159. The van der Waals surface area contributed by atoms with Crippen molar-refractivity contribution in [3.63, 3.8) is 0 Å². The van der Waals surface area contributed by atoms with Crippen molar-refractivity contribution in [2.45, 2.75) is 71.1 Å². The SMILES string of the molecule is CCCCCCCCOC(=O)C(CCC)c1ccccc1. The van der Waals surface area contributed by atoms with Gasteiger partial charge in [-0.05, 0) is 18.4 Å². The summed E-state index contributed by atoms with van der Waals surface area (Å²) < 4.78 is 5.48. The van der Waals surface area contributed by atoms with Gasteiger partial charge < -0.3 is 4.74 Å². The van der Waals surface area contributed by atoms with E-state index in [4.69, 9.17) is 4.74 Å². The Morgan fingerprint density at radius 2 is 1.62 bits per heavy atom. The molecule has 0 spiro atoms. The van der Waals surface area contributed by atoms with Gasteiger partial charge in [-0.1, -0.05) is 82.7 Å². The fourth-order valence-electron chi connectivity index (χ4n) is 2.55. The minimum absolute atomic E-state index is 0.0587. The van der Waals surface area contributed by atoms with Gasteiger partial charge in [-0.2, -0.15) is 0 Å². The van der Waals surface area contributed by atoms with E-state index in [1.54, 1.807) is 0 Å². The number of unbranched alkanes of at least 4 members (excludes halogenated alkanes) is 5. The van der Waals surface area contributed by atoms with Crippen LogP contribution in [0, 0.1) is 0 Å². The number of hydrogen-bond acceptors (Lipinski definition) is 2. The van der Waals surface area contributed by atoms with Crippen molar-refractivity contribution in [2.24, 2.45) is 0 Å². The third kappa shape index (κ3) is 7.31. The predicted molar refractivity (Wildman–Crippen MR) is 88.4 cm³/mol. The number of carbonyl (C=O) groups excluding carboxylic acids is 1. The molecule has 1 rings (SSSR count). The second-order valence-electron chi connectivity index (χ2n) is 5.69. The molecule has 0 aliphatic rings. The maximum absolute atomic E-state index is 12.2. The van der Waals surface area contributed by atoms with E-state index in [0.717, 1.165) is 31.2 Å². The quantitative estimate of drug-likeness (QED) is 0.399. The van der Waals surface area contributed by atoms with Gasteiger partial charge in [0.25, 0.3) is 0 Å². The van der Waals surface area contributed by atoms with Crippen LogP contribution in [-0.2, 0) is 9.53 Å². The van der Waals surface area contributed by atoms with Gasteiger partial charge in [0.15, 0.2) is 0 Å². The fourth-order valence-corrected chi connectivity index (χ4v) is 2.55. The molecule has 0 heterocycles. The minimum atomic E-state index is -0.101. The summed E-state index contributed by atoms with van der Waals surface area (Å²) in [4.78, 5) is 12.2. The predicted octanol–water partition coefficient (Wildman–Crippen LogP) is 5.47. The minimum Gasteiger partial charge on any atom is -0.465 e. The Morgan fingerprint density at radius 3 is 2.29 bits per heavy atom. The monoisotopic (exact) mass is 290 g/mol. The lowest BCUT2D eigenvalue weighted by Crippen LogP contribution is -2.16. The molecule has 21 heavy (non-hydrogen) atoms. The van der Waals surface area contributed by atoms with E-state index in [9.17, 15) is 4.79 Å².